The van der Waals surface area contributed by atoms with Crippen molar-refractivity contribution in [1.29, 1.82) is 0 Å². The van der Waals surface area contributed by atoms with Gasteiger partial charge in [-0.2, -0.15) is 0 Å². The van der Waals surface area contributed by atoms with E-state index in [4.69, 9.17) is 0 Å². The van der Waals surface area contributed by atoms with E-state index >= 15 is 0 Å². The Hall–Kier alpha value is -1.65. The summed E-state index contributed by atoms with van der Waals surface area (Å²) in [5.74, 6) is 1.02. The molecule has 0 spiro atoms. The van der Waals surface area contributed by atoms with Crippen LogP contribution in [0.2, 0.25) is 0 Å². The first kappa shape index (κ1) is 17.7. The highest BCUT2D eigenvalue weighted by molar-refractivity contribution is 7.10. The number of piperidine rings is 1. The summed E-state index contributed by atoms with van der Waals surface area (Å²) in [6, 6.07) is 14.9. The number of thiophene rings is 1. The van der Waals surface area contributed by atoms with Gasteiger partial charge in [0, 0.05) is 11.4 Å². The summed E-state index contributed by atoms with van der Waals surface area (Å²) >= 11 is 1.80. The Morgan fingerprint density at radius 3 is 2.54 bits per heavy atom. The maximum Gasteiger partial charge on any atom is 0.230 e. The molecule has 0 radical (unpaired) electrons. The van der Waals surface area contributed by atoms with Crippen LogP contribution in [0.3, 0.4) is 0 Å². The fourth-order valence-electron chi connectivity index (χ4n) is 4.12. The van der Waals surface area contributed by atoms with Crippen LogP contribution in [-0.2, 0) is 10.2 Å². The summed E-state index contributed by atoms with van der Waals surface area (Å²) in [7, 11) is 0. The van der Waals surface area contributed by atoms with Gasteiger partial charge in [-0.25, -0.2) is 0 Å². The minimum absolute atomic E-state index is 0.204. The zero-order valence-corrected chi connectivity index (χ0v) is 16.3. The van der Waals surface area contributed by atoms with E-state index in [2.05, 4.69) is 46.8 Å². The first-order chi connectivity index (χ1) is 12.7. The monoisotopic (exact) mass is 368 g/mol. The molecule has 4 heteroatoms. The Labute approximate surface area is 160 Å². The number of hydrogen-bond donors (Lipinski definition) is 1. The summed E-state index contributed by atoms with van der Waals surface area (Å²) in [6.45, 7) is 5.31. The third-order valence-corrected chi connectivity index (χ3v) is 7.07. The topological polar surface area (TPSA) is 32.3 Å². The Morgan fingerprint density at radius 2 is 1.92 bits per heavy atom. The van der Waals surface area contributed by atoms with Crippen LogP contribution in [0.15, 0.2) is 47.8 Å². The molecule has 2 fully saturated rings. The predicted molar refractivity (Wildman–Crippen MR) is 107 cm³/mol. The zero-order valence-electron chi connectivity index (χ0n) is 15.5. The van der Waals surface area contributed by atoms with Crippen LogP contribution < -0.4 is 5.32 Å². The van der Waals surface area contributed by atoms with E-state index < -0.39 is 0 Å². The number of likely N-dealkylation sites (tertiary alicyclic amines) is 1. The highest BCUT2D eigenvalue weighted by Gasteiger charge is 2.51. The van der Waals surface area contributed by atoms with Crippen LogP contribution in [0.25, 0.3) is 0 Å². The van der Waals surface area contributed by atoms with Gasteiger partial charge < -0.3 is 5.32 Å². The molecule has 1 atom stereocenters. The highest BCUT2D eigenvalue weighted by atomic mass is 32.1. The van der Waals surface area contributed by atoms with E-state index in [1.807, 2.05) is 18.2 Å². The normalized spacial score (nSPS) is 21.3. The second-order valence-corrected chi connectivity index (χ2v) is 8.89. The molecule has 3 nitrogen and oxygen atoms in total. The van der Waals surface area contributed by atoms with Crippen LogP contribution in [0.4, 0.5) is 0 Å². The van der Waals surface area contributed by atoms with Gasteiger partial charge in [0.1, 0.15) is 0 Å². The molecule has 26 heavy (non-hydrogen) atoms. The van der Waals surface area contributed by atoms with Gasteiger partial charge in [-0.05, 0) is 61.7 Å². The van der Waals surface area contributed by atoms with Crippen LogP contribution in [-0.4, -0.2) is 30.4 Å². The summed E-state index contributed by atoms with van der Waals surface area (Å²) in [6.07, 6.45) is 4.44. The van der Waals surface area contributed by atoms with Crippen LogP contribution >= 0.6 is 11.3 Å². The molecule has 1 aromatic heterocycles. The third kappa shape index (κ3) is 3.58. The second-order valence-electron chi connectivity index (χ2n) is 7.91. The molecule has 1 N–H and O–H groups in total. The van der Waals surface area contributed by atoms with Crippen molar-refractivity contribution in [3.05, 3.63) is 58.3 Å². The van der Waals surface area contributed by atoms with Gasteiger partial charge in [-0.1, -0.05) is 43.3 Å². The Morgan fingerprint density at radius 1 is 1.19 bits per heavy atom. The van der Waals surface area contributed by atoms with Crippen molar-refractivity contribution >= 4 is 17.2 Å². The van der Waals surface area contributed by atoms with E-state index in [1.54, 1.807) is 11.3 Å². The fraction of sp³-hybridized carbons (Fsp3) is 0.500. The lowest BCUT2D eigenvalue weighted by molar-refractivity contribution is -0.123. The molecular formula is C22H28N2OS. The van der Waals surface area contributed by atoms with E-state index in [1.165, 1.54) is 17.7 Å². The number of amides is 1. The van der Waals surface area contributed by atoms with Gasteiger partial charge in [-0.15, -0.1) is 11.3 Å². The predicted octanol–water partition coefficient (Wildman–Crippen LogP) is 4.37. The van der Waals surface area contributed by atoms with Crippen molar-refractivity contribution in [1.82, 2.24) is 10.2 Å². The molecule has 1 saturated carbocycles. The first-order valence-corrected chi connectivity index (χ1v) is 10.7. The number of hydrogen-bond acceptors (Lipinski definition) is 3. The molecule has 1 amide bonds. The first-order valence-electron chi connectivity index (χ1n) is 9.80. The highest BCUT2D eigenvalue weighted by Crippen LogP contribution is 2.48. The zero-order chi connectivity index (χ0) is 18.0. The molecule has 138 valence electrons. The van der Waals surface area contributed by atoms with Crippen molar-refractivity contribution in [2.75, 3.05) is 19.6 Å². The Kier molecular flexibility index (Phi) is 5.14. The van der Waals surface area contributed by atoms with Crippen LogP contribution in [0.5, 0.6) is 0 Å². The average molecular weight is 369 g/mol. The molecule has 2 heterocycles. The van der Waals surface area contributed by atoms with Gasteiger partial charge in [0.15, 0.2) is 0 Å². The summed E-state index contributed by atoms with van der Waals surface area (Å²) in [4.78, 5) is 16.9. The number of rotatable bonds is 6. The average Bonchev–Trinajstić information content (AvgIpc) is 3.32. The molecule has 1 aromatic carbocycles. The van der Waals surface area contributed by atoms with Crippen LogP contribution in [0, 0.1) is 5.92 Å². The van der Waals surface area contributed by atoms with E-state index in [9.17, 15) is 4.79 Å². The van der Waals surface area contributed by atoms with Crippen molar-refractivity contribution in [3.8, 4) is 0 Å². The second kappa shape index (κ2) is 7.53. The number of carbonyl (C=O) groups is 1. The number of benzene rings is 1. The largest absolute Gasteiger partial charge is 0.353 e. The summed E-state index contributed by atoms with van der Waals surface area (Å²) in [5.41, 5.74) is 0.884. The molecule has 1 aliphatic carbocycles. The Balaban J connectivity index is 1.44. The fourth-order valence-corrected chi connectivity index (χ4v) is 4.98. The van der Waals surface area contributed by atoms with Gasteiger partial charge in [0.2, 0.25) is 5.91 Å². The smallest absolute Gasteiger partial charge is 0.230 e. The van der Waals surface area contributed by atoms with Crippen molar-refractivity contribution < 1.29 is 4.79 Å². The van der Waals surface area contributed by atoms with E-state index in [-0.39, 0.29) is 11.3 Å². The molecule has 2 aliphatic rings. The molecule has 1 aliphatic heterocycles. The van der Waals surface area contributed by atoms with Crippen molar-refractivity contribution in [3.63, 3.8) is 0 Å². The van der Waals surface area contributed by atoms with E-state index in [0.717, 1.165) is 37.4 Å². The van der Waals surface area contributed by atoms with Crippen molar-refractivity contribution in [2.45, 2.75) is 44.1 Å². The molecule has 4 rings (SSSR count). The molecular weight excluding hydrogens is 340 g/mol. The quantitative estimate of drug-likeness (QED) is 0.821. The van der Waals surface area contributed by atoms with Crippen molar-refractivity contribution in [2.24, 2.45) is 5.92 Å². The molecule has 1 unspecified atom stereocenters. The lowest BCUT2D eigenvalue weighted by Crippen LogP contribution is -2.44. The van der Waals surface area contributed by atoms with Gasteiger partial charge in [-0.3, -0.25) is 9.69 Å². The molecule has 1 saturated heterocycles. The lowest BCUT2D eigenvalue weighted by Gasteiger charge is -2.36. The number of nitrogens with one attached hydrogen (secondary N) is 1. The SMILES string of the molecule is CC1CCN(C(CNC(=O)C2(c3ccccc3)CC2)c2cccs2)CC1. The number of nitrogens with zero attached hydrogens (tertiary/aromatic N) is 1. The third-order valence-electron chi connectivity index (χ3n) is 6.10. The maximum atomic E-state index is 13.0. The van der Waals surface area contributed by atoms with Crippen LogP contribution in [0.1, 0.15) is 49.1 Å². The Bertz CT molecular complexity index is 716. The van der Waals surface area contributed by atoms with Gasteiger partial charge in [0.25, 0.3) is 0 Å². The number of carbonyl (C=O) groups excluding carboxylic acids is 1. The molecule has 2 aromatic rings. The van der Waals surface area contributed by atoms with Gasteiger partial charge in [0.05, 0.1) is 11.5 Å². The van der Waals surface area contributed by atoms with Gasteiger partial charge >= 0.3 is 0 Å². The molecule has 0 bridgehead atoms. The summed E-state index contributed by atoms with van der Waals surface area (Å²) < 4.78 is 0. The van der Waals surface area contributed by atoms with E-state index in [0.29, 0.717) is 12.6 Å². The minimum Gasteiger partial charge on any atom is -0.353 e. The lowest BCUT2D eigenvalue weighted by atomic mass is 9.94. The minimum atomic E-state index is -0.280. The summed E-state index contributed by atoms with van der Waals surface area (Å²) in [5, 5.41) is 5.45. The maximum absolute atomic E-state index is 13.0. The standard InChI is InChI=1S/C22H28N2OS/c1-17-9-13-24(14-10-17)19(20-8-5-15-26-20)16-23-21(25)22(11-12-22)18-6-3-2-4-7-18/h2-8,15,17,19H,9-14,16H2,1H3,(H,23,25).